The summed E-state index contributed by atoms with van der Waals surface area (Å²) in [7, 11) is 0. The second-order valence-electron chi connectivity index (χ2n) is 2.27. The van der Waals surface area contributed by atoms with Crippen LogP contribution in [0, 0.1) is 13.8 Å². The van der Waals surface area contributed by atoms with Crippen LogP contribution in [0.2, 0.25) is 0 Å². The molecule has 1 rings (SSSR count). The van der Waals surface area contributed by atoms with E-state index in [9.17, 15) is 4.79 Å². The first kappa shape index (κ1) is 6.86. The Balaban J connectivity index is 3.50. The highest BCUT2D eigenvalue weighted by atomic mass is 16.5. The van der Waals surface area contributed by atoms with Crippen LogP contribution >= 0.6 is 0 Å². The Labute approximate surface area is 58.5 Å². The first-order chi connectivity index (χ1) is 4.63. The molecule has 1 aromatic heterocycles. The molecule has 0 bridgehead atoms. The van der Waals surface area contributed by atoms with Crippen molar-refractivity contribution in [3.05, 3.63) is 33.7 Å². The maximum absolute atomic E-state index is 10.9. The first-order valence-electron chi connectivity index (χ1n) is 3.01. The van der Waals surface area contributed by atoms with E-state index in [1.807, 2.05) is 6.92 Å². The Morgan fingerprint density at radius 1 is 1.50 bits per heavy atom. The quantitative estimate of drug-likeness (QED) is 0.537. The van der Waals surface area contributed by atoms with Crippen LogP contribution in [0.1, 0.15) is 11.1 Å². The predicted molar refractivity (Wildman–Crippen MR) is 37.4 cm³/mol. The van der Waals surface area contributed by atoms with E-state index in [4.69, 9.17) is 5.21 Å². The Morgan fingerprint density at radius 2 is 2.10 bits per heavy atom. The molecule has 0 unspecified atom stereocenters. The van der Waals surface area contributed by atoms with Gasteiger partial charge in [-0.25, -0.2) is 0 Å². The minimum atomic E-state index is -0.347. The molecule has 1 aromatic rings. The van der Waals surface area contributed by atoms with Crippen molar-refractivity contribution >= 4 is 0 Å². The van der Waals surface area contributed by atoms with Gasteiger partial charge in [0.15, 0.2) is 0 Å². The summed E-state index contributed by atoms with van der Waals surface area (Å²) in [5.41, 5.74) is 1.14. The average molecular weight is 139 g/mol. The summed E-state index contributed by atoms with van der Waals surface area (Å²) in [6, 6.07) is 1.69. The van der Waals surface area contributed by atoms with Gasteiger partial charge >= 0.3 is 0 Å². The van der Waals surface area contributed by atoms with Gasteiger partial charge in [0.25, 0.3) is 5.56 Å². The monoisotopic (exact) mass is 139 g/mol. The van der Waals surface area contributed by atoms with Crippen LogP contribution in [-0.2, 0) is 0 Å². The Hall–Kier alpha value is -1.25. The number of pyridine rings is 1. The summed E-state index contributed by atoms with van der Waals surface area (Å²) in [6.45, 7) is 3.51. The van der Waals surface area contributed by atoms with Crippen molar-refractivity contribution in [2.24, 2.45) is 0 Å². The minimum Gasteiger partial charge on any atom is -0.425 e. The summed E-state index contributed by atoms with van der Waals surface area (Å²) < 4.78 is 0.586. The Morgan fingerprint density at radius 3 is 2.60 bits per heavy atom. The van der Waals surface area contributed by atoms with Crippen molar-refractivity contribution in [1.82, 2.24) is 4.73 Å². The summed E-state index contributed by atoms with van der Waals surface area (Å²) in [4.78, 5) is 10.9. The van der Waals surface area contributed by atoms with Crippen LogP contribution < -0.4 is 5.56 Å². The zero-order valence-electron chi connectivity index (χ0n) is 5.96. The van der Waals surface area contributed by atoms with Crippen LogP contribution in [0.4, 0.5) is 0 Å². The Bertz CT molecular complexity index is 301. The van der Waals surface area contributed by atoms with Crippen molar-refractivity contribution in [2.45, 2.75) is 13.8 Å². The molecule has 1 heterocycles. The molecule has 0 atom stereocenters. The van der Waals surface area contributed by atoms with E-state index in [1.54, 1.807) is 13.0 Å². The van der Waals surface area contributed by atoms with Crippen LogP contribution in [-0.4, -0.2) is 9.94 Å². The third-order valence-electron chi connectivity index (χ3n) is 1.59. The number of rotatable bonds is 0. The third-order valence-corrected chi connectivity index (χ3v) is 1.59. The van der Waals surface area contributed by atoms with Crippen LogP contribution in [0.5, 0.6) is 0 Å². The summed E-state index contributed by atoms with van der Waals surface area (Å²) in [5.74, 6) is 0. The van der Waals surface area contributed by atoms with Crippen molar-refractivity contribution in [3.63, 3.8) is 0 Å². The van der Waals surface area contributed by atoms with Gasteiger partial charge in [0.1, 0.15) is 0 Å². The molecule has 0 spiro atoms. The molecular weight excluding hydrogens is 130 g/mol. The molecule has 10 heavy (non-hydrogen) atoms. The van der Waals surface area contributed by atoms with E-state index in [-0.39, 0.29) is 5.56 Å². The maximum atomic E-state index is 10.9. The molecule has 0 fully saturated rings. The largest absolute Gasteiger partial charge is 0.425 e. The van der Waals surface area contributed by atoms with Crippen LogP contribution in [0.3, 0.4) is 0 Å². The van der Waals surface area contributed by atoms with E-state index in [1.165, 1.54) is 6.20 Å². The molecule has 0 saturated heterocycles. The van der Waals surface area contributed by atoms with E-state index < -0.39 is 0 Å². The highest BCUT2D eigenvalue weighted by Gasteiger charge is 1.98. The standard InChI is InChI=1S/C7H9NO2/c1-5-3-4-8(10)7(9)6(5)2/h3-4,10H,1-2H3. The molecule has 0 aliphatic heterocycles. The van der Waals surface area contributed by atoms with Crippen molar-refractivity contribution < 1.29 is 5.21 Å². The number of aryl methyl sites for hydroxylation is 1. The molecule has 0 aliphatic rings. The minimum absolute atomic E-state index is 0.347. The molecule has 3 nitrogen and oxygen atoms in total. The number of nitrogens with zero attached hydrogens (tertiary/aromatic N) is 1. The van der Waals surface area contributed by atoms with Gasteiger partial charge in [-0.15, -0.1) is 0 Å². The zero-order valence-corrected chi connectivity index (χ0v) is 5.96. The molecule has 1 N–H and O–H groups in total. The molecule has 3 heteroatoms. The van der Waals surface area contributed by atoms with Gasteiger partial charge in [0.05, 0.1) is 0 Å². The smallest absolute Gasteiger partial charge is 0.285 e. The zero-order chi connectivity index (χ0) is 7.72. The van der Waals surface area contributed by atoms with Gasteiger partial charge in [0.2, 0.25) is 0 Å². The van der Waals surface area contributed by atoms with Gasteiger partial charge in [-0.3, -0.25) is 4.79 Å². The van der Waals surface area contributed by atoms with Gasteiger partial charge in [0, 0.05) is 11.8 Å². The van der Waals surface area contributed by atoms with Gasteiger partial charge in [-0.1, -0.05) is 0 Å². The second kappa shape index (κ2) is 2.17. The summed E-state index contributed by atoms with van der Waals surface area (Å²) in [5, 5.41) is 8.83. The normalized spacial score (nSPS) is 9.80. The summed E-state index contributed by atoms with van der Waals surface area (Å²) in [6.07, 6.45) is 1.34. The van der Waals surface area contributed by atoms with Gasteiger partial charge in [-0.2, -0.15) is 4.73 Å². The fourth-order valence-electron chi connectivity index (χ4n) is 0.716. The van der Waals surface area contributed by atoms with Crippen LogP contribution in [0.25, 0.3) is 0 Å². The van der Waals surface area contributed by atoms with Crippen molar-refractivity contribution in [1.29, 1.82) is 0 Å². The van der Waals surface area contributed by atoms with E-state index >= 15 is 0 Å². The molecular formula is C7H9NO2. The molecule has 0 aliphatic carbocycles. The highest BCUT2D eigenvalue weighted by Crippen LogP contribution is 1.96. The Kier molecular flexibility index (Phi) is 1.49. The average Bonchev–Trinajstić information content (AvgIpc) is 1.93. The third kappa shape index (κ3) is 0.900. The lowest BCUT2D eigenvalue weighted by Crippen LogP contribution is -2.19. The van der Waals surface area contributed by atoms with Gasteiger partial charge in [-0.05, 0) is 25.5 Å². The lowest BCUT2D eigenvalue weighted by atomic mass is 10.2. The predicted octanol–water partition coefficient (Wildman–Crippen LogP) is 0.702. The summed E-state index contributed by atoms with van der Waals surface area (Å²) >= 11 is 0. The molecule has 54 valence electrons. The SMILES string of the molecule is Cc1ccn(O)c(=O)c1C. The molecule has 0 saturated carbocycles. The highest BCUT2D eigenvalue weighted by molar-refractivity contribution is 5.19. The molecule has 0 aromatic carbocycles. The van der Waals surface area contributed by atoms with Crippen molar-refractivity contribution in [2.75, 3.05) is 0 Å². The second-order valence-corrected chi connectivity index (χ2v) is 2.27. The lowest BCUT2D eigenvalue weighted by molar-refractivity contribution is 0.174. The number of hydrogen-bond donors (Lipinski definition) is 1. The van der Waals surface area contributed by atoms with Gasteiger partial charge < -0.3 is 5.21 Å². The fourth-order valence-corrected chi connectivity index (χ4v) is 0.716. The maximum Gasteiger partial charge on any atom is 0.285 e. The molecule has 0 radical (unpaired) electrons. The van der Waals surface area contributed by atoms with Crippen molar-refractivity contribution in [3.8, 4) is 0 Å². The van der Waals surface area contributed by atoms with E-state index in [0.29, 0.717) is 10.3 Å². The fraction of sp³-hybridized carbons (Fsp3) is 0.286. The first-order valence-corrected chi connectivity index (χ1v) is 3.01. The van der Waals surface area contributed by atoms with E-state index in [2.05, 4.69) is 0 Å². The van der Waals surface area contributed by atoms with Crippen LogP contribution in [0.15, 0.2) is 17.1 Å². The lowest BCUT2D eigenvalue weighted by Gasteiger charge is -1.99. The van der Waals surface area contributed by atoms with E-state index in [0.717, 1.165) is 5.56 Å². The number of hydrogen-bond acceptors (Lipinski definition) is 2. The molecule has 0 amide bonds. The number of aromatic nitrogens is 1. The topological polar surface area (TPSA) is 42.2 Å².